The van der Waals surface area contributed by atoms with E-state index in [9.17, 15) is 4.39 Å². The van der Waals surface area contributed by atoms with Crippen molar-refractivity contribution in [2.24, 2.45) is 5.73 Å². The van der Waals surface area contributed by atoms with Crippen LogP contribution < -0.4 is 5.73 Å². The van der Waals surface area contributed by atoms with E-state index < -0.39 is 5.54 Å². The van der Waals surface area contributed by atoms with Gasteiger partial charge in [0, 0.05) is 11.8 Å². The molecule has 0 radical (unpaired) electrons. The molecule has 2 heterocycles. The van der Waals surface area contributed by atoms with Crippen LogP contribution in [0.3, 0.4) is 0 Å². The van der Waals surface area contributed by atoms with Crippen LogP contribution in [-0.2, 0) is 5.54 Å². The van der Waals surface area contributed by atoms with Gasteiger partial charge in [-0.15, -0.1) is 11.3 Å². The Balaban J connectivity index is 1.77. The zero-order valence-corrected chi connectivity index (χ0v) is 15.4. The molecule has 27 heavy (non-hydrogen) atoms. The molecule has 0 aliphatic carbocycles. The molecule has 4 aromatic rings. The van der Waals surface area contributed by atoms with Gasteiger partial charge in [0.1, 0.15) is 5.82 Å². The molecule has 0 aliphatic rings. The second-order valence-electron chi connectivity index (χ2n) is 6.37. The molecule has 6 heteroatoms. The normalized spacial score (nSPS) is 13.3. The number of rotatable bonds is 4. The van der Waals surface area contributed by atoms with Crippen LogP contribution in [0, 0.1) is 5.82 Å². The largest absolute Gasteiger partial charge is 0.315 e. The monoisotopic (exact) mass is 376 g/mol. The van der Waals surface area contributed by atoms with E-state index in [1.807, 2.05) is 43.3 Å². The average molecular weight is 376 g/mol. The van der Waals surface area contributed by atoms with Crippen LogP contribution in [0.15, 0.2) is 72.4 Å². The van der Waals surface area contributed by atoms with Gasteiger partial charge in [-0.25, -0.2) is 19.3 Å². The van der Waals surface area contributed by atoms with Gasteiger partial charge in [0.15, 0.2) is 5.82 Å². The highest BCUT2D eigenvalue weighted by Crippen LogP contribution is 2.34. The molecule has 134 valence electrons. The third-order valence-corrected chi connectivity index (χ3v) is 5.26. The number of thiazole rings is 1. The highest BCUT2D eigenvalue weighted by Gasteiger charge is 2.27. The van der Waals surface area contributed by atoms with E-state index in [0.29, 0.717) is 5.82 Å². The molecule has 0 unspecified atom stereocenters. The fourth-order valence-electron chi connectivity index (χ4n) is 2.89. The molecule has 4 nitrogen and oxygen atoms in total. The summed E-state index contributed by atoms with van der Waals surface area (Å²) in [6.07, 6.45) is 1.71. The Morgan fingerprint density at radius 3 is 2.44 bits per heavy atom. The highest BCUT2D eigenvalue weighted by molar-refractivity contribution is 7.13. The molecular formula is C21H17FN4S. The van der Waals surface area contributed by atoms with Crippen LogP contribution in [0.2, 0.25) is 0 Å². The van der Waals surface area contributed by atoms with Crippen molar-refractivity contribution < 1.29 is 4.39 Å². The lowest BCUT2D eigenvalue weighted by Crippen LogP contribution is -2.36. The Morgan fingerprint density at radius 2 is 1.70 bits per heavy atom. The van der Waals surface area contributed by atoms with Crippen LogP contribution in [-0.4, -0.2) is 15.0 Å². The third-order valence-electron chi connectivity index (χ3n) is 4.41. The standard InChI is InChI=1S/C21H17FN4S/c1-21(23,15-5-3-2-4-6-15)20-24-12-11-17(26-20)19-18(25-13-27-19)14-7-9-16(22)10-8-14/h2-13H,23H2,1H3/t21-/m0/s1. The predicted molar refractivity (Wildman–Crippen MR) is 106 cm³/mol. The first-order valence-corrected chi connectivity index (χ1v) is 9.31. The lowest BCUT2D eigenvalue weighted by Gasteiger charge is -2.23. The summed E-state index contributed by atoms with van der Waals surface area (Å²) in [4.78, 5) is 14.5. The zero-order chi connectivity index (χ0) is 18.9. The molecule has 0 fully saturated rings. The molecule has 0 aliphatic heterocycles. The van der Waals surface area contributed by atoms with E-state index in [1.54, 1.807) is 23.8 Å². The highest BCUT2D eigenvalue weighted by atomic mass is 32.1. The molecule has 0 saturated heterocycles. The van der Waals surface area contributed by atoms with Gasteiger partial charge in [0.05, 0.1) is 27.3 Å². The Morgan fingerprint density at radius 1 is 0.963 bits per heavy atom. The van der Waals surface area contributed by atoms with Gasteiger partial charge in [-0.1, -0.05) is 30.3 Å². The quantitative estimate of drug-likeness (QED) is 0.564. The minimum absolute atomic E-state index is 0.276. The Kier molecular flexibility index (Phi) is 4.51. The van der Waals surface area contributed by atoms with Gasteiger partial charge in [-0.2, -0.15) is 0 Å². The molecule has 2 N–H and O–H groups in total. The molecule has 0 saturated carbocycles. The Bertz CT molecular complexity index is 1060. The Labute approximate surface area is 160 Å². The number of nitrogens with two attached hydrogens (primary N) is 1. The van der Waals surface area contributed by atoms with Crippen molar-refractivity contribution in [3.05, 3.63) is 89.6 Å². The molecule has 1 atom stereocenters. The zero-order valence-electron chi connectivity index (χ0n) is 14.6. The maximum absolute atomic E-state index is 13.2. The minimum atomic E-state index is -0.821. The number of hydrogen-bond acceptors (Lipinski definition) is 5. The number of halogens is 1. The molecule has 0 spiro atoms. The van der Waals surface area contributed by atoms with Crippen LogP contribution in [0.25, 0.3) is 21.8 Å². The molecular weight excluding hydrogens is 359 g/mol. The van der Waals surface area contributed by atoms with Crippen LogP contribution in [0.5, 0.6) is 0 Å². The first-order valence-electron chi connectivity index (χ1n) is 8.43. The van der Waals surface area contributed by atoms with Crippen molar-refractivity contribution in [1.82, 2.24) is 15.0 Å². The third kappa shape index (κ3) is 3.37. The maximum atomic E-state index is 13.2. The van der Waals surface area contributed by atoms with Crippen LogP contribution in [0.4, 0.5) is 4.39 Å². The first kappa shape index (κ1) is 17.5. The minimum Gasteiger partial charge on any atom is -0.315 e. The van der Waals surface area contributed by atoms with Crippen molar-refractivity contribution in [1.29, 1.82) is 0 Å². The molecule has 2 aromatic heterocycles. The van der Waals surface area contributed by atoms with E-state index in [-0.39, 0.29) is 5.82 Å². The van der Waals surface area contributed by atoms with Gasteiger partial charge in [0.2, 0.25) is 0 Å². The fraction of sp³-hybridized carbons (Fsp3) is 0.0952. The van der Waals surface area contributed by atoms with Crippen LogP contribution in [0.1, 0.15) is 18.3 Å². The van der Waals surface area contributed by atoms with Gasteiger partial charge < -0.3 is 5.73 Å². The SMILES string of the molecule is C[C@](N)(c1ccccc1)c1nccc(-c2scnc2-c2ccc(F)cc2)n1. The summed E-state index contributed by atoms with van der Waals surface area (Å²) in [5.74, 6) is 0.256. The fourth-order valence-corrected chi connectivity index (χ4v) is 3.67. The summed E-state index contributed by atoms with van der Waals surface area (Å²) in [5, 5.41) is 0. The molecule has 0 bridgehead atoms. The van der Waals surface area contributed by atoms with Gasteiger partial charge in [-0.05, 0) is 42.8 Å². The maximum Gasteiger partial charge on any atom is 0.153 e. The lowest BCUT2D eigenvalue weighted by atomic mass is 9.92. The van der Waals surface area contributed by atoms with Gasteiger partial charge in [-0.3, -0.25) is 0 Å². The molecule has 2 aromatic carbocycles. The van der Waals surface area contributed by atoms with E-state index in [4.69, 9.17) is 10.7 Å². The molecule has 0 amide bonds. The van der Waals surface area contributed by atoms with Crippen molar-refractivity contribution in [2.45, 2.75) is 12.5 Å². The predicted octanol–water partition coefficient (Wildman–Crippen LogP) is 4.63. The summed E-state index contributed by atoms with van der Waals surface area (Å²) in [6, 6.07) is 17.9. The van der Waals surface area contributed by atoms with E-state index >= 15 is 0 Å². The van der Waals surface area contributed by atoms with Crippen molar-refractivity contribution >= 4 is 11.3 Å². The first-order chi connectivity index (χ1) is 13.1. The number of aromatic nitrogens is 3. The summed E-state index contributed by atoms with van der Waals surface area (Å²) in [6.45, 7) is 1.90. The van der Waals surface area contributed by atoms with Gasteiger partial charge in [0.25, 0.3) is 0 Å². The molecule has 4 rings (SSSR count). The van der Waals surface area contributed by atoms with Gasteiger partial charge >= 0.3 is 0 Å². The average Bonchev–Trinajstić information content (AvgIpc) is 3.19. The summed E-state index contributed by atoms with van der Waals surface area (Å²) >= 11 is 1.48. The van der Waals surface area contributed by atoms with Crippen molar-refractivity contribution in [3.8, 4) is 21.8 Å². The second kappa shape index (κ2) is 6.98. The van der Waals surface area contributed by atoms with E-state index in [0.717, 1.165) is 27.4 Å². The smallest absolute Gasteiger partial charge is 0.153 e. The van der Waals surface area contributed by atoms with E-state index in [1.165, 1.54) is 23.5 Å². The van der Waals surface area contributed by atoms with Crippen molar-refractivity contribution in [3.63, 3.8) is 0 Å². The van der Waals surface area contributed by atoms with Crippen LogP contribution >= 0.6 is 11.3 Å². The summed E-state index contributed by atoms with van der Waals surface area (Å²) < 4.78 is 13.2. The number of nitrogens with zero attached hydrogens (tertiary/aromatic N) is 3. The van der Waals surface area contributed by atoms with E-state index in [2.05, 4.69) is 9.97 Å². The summed E-state index contributed by atoms with van der Waals surface area (Å²) in [5.41, 5.74) is 10.8. The second-order valence-corrected chi connectivity index (χ2v) is 7.23. The topological polar surface area (TPSA) is 64.7 Å². The van der Waals surface area contributed by atoms with Crippen molar-refractivity contribution in [2.75, 3.05) is 0 Å². The summed E-state index contributed by atoms with van der Waals surface area (Å²) in [7, 11) is 0. The number of hydrogen-bond donors (Lipinski definition) is 1. The lowest BCUT2D eigenvalue weighted by molar-refractivity contribution is 0.558. The number of benzene rings is 2. The Hall–Kier alpha value is -2.96.